The second kappa shape index (κ2) is 6.87. The molecular formula is C12H10BrN3O2S2. The zero-order valence-electron chi connectivity index (χ0n) is 10.1. The maximum Gasteiger partial charge on any atom is 0.259 e. The maximum absolute atomic E-state index is 11.9. The van der Waals surface area contributed by atoms with Gasteiger partial charge < -0.3 is 5.73 Å². The van der Waals surface area contributed by atoms with Gasteiger partial charge in [0.25, 0.3) is 5.91 Å². The van der Waals surface area contributed by atoms with Crippen LogP contribution in [0.1, 0.15) is 10.4 Å². The first-order valence-corrected chi connectivity index (χ1v) is 8.08. The monoisotopic (exact) mass is 371 g/mol. The molecule has 5 nitrogen and oxygen atoms in total. The molecule has 1 aromatic carbocycles. The molecule has 8 heteroatoms. The van der Waals surface area contributed by atoms with Crippen LogP contribution in [0.25, 0.3) is 0 Å². The average molecular weight is 372 g/mol. The van der Waals surface area contributed by atoms with Gasteiger partial charge in [0.1, 0.15) is 0 Å². The van der Waals surface area contributed by atoms with Gasteiger partial charge in [-0.25, -0.2) is 4.98 Å². The lowest BCUT2D eigenvalue weighted by Crippen LogP contribution is -2.32. The third-order valence-corrected chi connectivity index (χ3v) is 4.93. The van der Waals surface area contributed by atoms with Crippen LogP contribution in [0.5, 0.6) is 0 Å². The molecule has 20 heavy (non-hydrogen) atoms. The summed E-state index contributed by atoms with van der Waals surface area (Å²) in [5.74, 6) is -0.646. The lowest BCUT2D eigenvalue weighted by molar-refractivity contribution is -0.117. The minimum absolute atomic E-state index is 0.137. The van der Waals surface area contributed by atoms with Crippen molar-refractivity contribution in [2.45, 2.75) is 4.21 Å². The highest BCUT2D eigenvalue weighted by molar-refractivity contribution is 9.10. The van der Waals surface area contributed by atoms with Crippen LogP contribution in [0.4, 0.5) is 5.13 Å². The highest BCUT2D eigenvalue weighted by Gasteiger charge is 2.13. The Balaban J connectivity index is 1.88. The van der Waals surface area contributed by atoms with Gasteiger partial charge >= 0.3 is 0 Å². The second-order valence-electron chi connectivity index (χ2n) is 3.66. The van der Waals surface area contributed by atoms with Crippen molar-refractivity contribution < 1.29 is 9.59 Å². The van der Waals surface area contributed by atoms with Crippen LogP contribution in [0, 0.1) is 0 Å². The molecule has 1 aromatic heterocycles. The molecule has 0 aliphatic heterocycles. The summed E-state index contributed by atoms with van der Waals surface area (Å²) in [5.41, 5.74) is 5.92. The Bertz CT molecular complexity index is 645. The zero-order chi connectivity index (χ0) is 14.5. The van der Waals surface area contributed by atoms with Gasteiger partial charge in [0.2, 0.25) is 5.91 Å². The highest BCUT2D eigenvalue weighted by Crippen LogP contribution is 2.26. The number of imide groups is 1. The van der Waals surface area contributed by atoms with Crippen molar-refractivity contribution in [3.05, 3.63) is 40.5 Å². The molecule has 0 radical (unpaired) electrons. The topological polar surface area (TPSA) is 85.1 Å². The predicted octanol–water partition coefficient (Wildman–Crippen LogP) is 2.54. The summed E-state index contributed by atoms with van der Waals surface area (Å²) in [6.45, 7) is 0. The molecule has 2 amide bonds. The van der Waals surface area contributed by atoms with Gasteiger partial charge in [-0.1, -0.05) is 23.5 Å². The number of carbonyl (C=O) groups is 2. The number of nitrogen functional groups attached to an aromatic ring is 1. The summed E-state index contributed by atoms with van der Waals surface area (Å²) in [4.78, 5) is 27.5. The smallest absolute Gasteiger partial charge is 0.259 e. The number of nitrogens with zero attached hydrogens (tertiary/aromatic N) is 1. The van der Waals surface area contributed by atoms with Crippen molar-refractivity contribution in [3.63, 3.8) is 0 Å². The summed E-state index contributed by atoms with van der Waals surface area (Å²) < 4.78 is 1.49. The fourth-order valence-corrected chi connectivity index (χ4v) is 3.37. The number of nitrogens with two attached hydrogens (primary N) is 1. The average Bonchev–Trinajstić information content (AvgIpc) is 2.82. The van der Waals surface area contributed by atoms with Crippen LogP contribution >= 0.6 is 39.0 Å². The number of benzene rings is 1. The fourth-order valence-electron chi connectivity index (χ4n) is 1.35. The molecule has 3 N–H and O–H groups in total. The van der Waals surface area contributed by atoms with Crippen molar-refractivity contribution in [1.82, 2.24) is 10.3 Å². The van der Waals surface area contributed by atoms with Crippen LogP contribution in [0.2, 0.25) is 0 Å². The Morgan fingerprint density at radius 1 is 1.40 bits per heavy atom. The Kier molecular flexibility index (Phi) is 5.16. The van der Waals surface area contributed by atoms with E-state index in [0.717, 1.165) is 4.21 Å². The van der Waals surface area contributed by atoms with E-state index in [-0.39, 0.29) is 11.7 Å². The fraction of sp³-hybridized carbons (Fsp3) is 0.0833. The SMILES string of the molecule is Nc1ncc(SCC(=O)NC(=O)c2ccccc2Br)s1. The molecule has 2 rings (SSSR count). The van der Waals surface area contributed by atoms with Gasteiger partial charge in [0, 0.05) is 4.47 Å². The van der Waals surface area contributed by atoms with Crippen LogP contribution in [-0.2, 0) is 4.79 Å². The number of hydrogen-bond acceptors (Lipinski definition) is 6. The molecule has 0 bridgehead atoms. The molecule has 0 atom stereocenters. The maximum atomic E-state index is 11.9. The summed E-state index contributed by atoms with van der Waals surface area (Å²) >= 11 is 5.86. The molecule has 0 saturated heterocycles. The summed E-state index contributed by atoms with van der Waals surface area (Å²) in [6, 6.07) is 6.92. The number of halogens is 1. The van der Waals surface area contributed by atoms with E-state index in [2.05, 4.69) is 26.2 Å². The first-order chi connectivity index (χ1) is 9.56. The largest absolute Gasteiger partial charge is 0.375 e. The lowest BCUT2D eigenvalue weighted by Gasteiger charge is -2.05. The van der Waals surface area contributed by atoms with Gasteiger partial charge in [-0.2, -0.15) is 0 Å². The van der Waals surface area contributed by atoms with E-state index in [1.54, 1.807) is 30.5 Å². The van der Waals surface area contributed by atoms with Crippen molar-refractivity contribution in [1.29, 1.82) is 0 Å². The predicted molar refractivity (Wildman–Crippen MR) is 83.9 cm³/mol. The van der Waals surface area contributed by atoms with Gasteiger partial charge in [0.05, 0.1) is 21.7 Å². The van der Waals surface area contributed by atoms with Gasteiger partial charge in [0.15, 0.2) is 5.13 Å². The molecule has 0 aliphatic rings. The third-order valence-electron chi connectivity index (χ3n) is 2.22. The molecule has 0 aliphatic carbocycles. The highest BCUT2D eigenvalue weighted by atomic mass is 79.9. The molecule has 0 unspecified atom stereocenters. The number of hydrogen-bond donors (Lipinski definition) is 2. The lowest BCUT2D eigenvalue weighted by atomic mass is 10.2. The number of carbonyl (C=O) groups excluding carboxylic acids is 2. The van der Waals surface area contributed by atoms with Crippen molar-refractivity contribution >= 4 is 56.0 Å². The number of nitrogens with one attached hydrogen (secondary N) is 1. The van der Waals surface area contributed by atoms with Gasteiger partial charge in [-0.05, 0) is 28.1 Å². The normalized spacial score (nSPS) is 10.2. The molecule has 2 aromatic rings. The number of anilines is 1. The van der Waals surface area contributed by atoms with E-state index in [9.17, 15) is 9.59 Å². The standard InChI is InChI=1S/C12H10BrN3O2S2/c13-8-4-2-1-3-7(8)11(18)16-9(17)6-19-10-5-15-12(14)20-10/h1-5H,6H2,(H2,14,15)(H,16,17,18). The minimum Gasteiger partial charge on any atom is -0.375 e. The quantitative estimate of drug-likeness (QED) is 0.806. The summed E-state index contributed by atoms with van der Waals surface area (Å²) in [7, 11) is 0. The van der Waals surface area contributed by atoms with E-state index in [0.29, 0.717) is 15.2 Å². The van der Waals surface area contributed by atoms with Crippen LogP contribution < -0.4 is 11.1 Å². The Morgan fingerprint density at radius 2 is 2.15 bits per heavy atom. The second-order valence-corrected chi connectivity index (χ2v) is 6.86. The Morgan fingerprint density at radius 3 is 2.80 bits per heavy atom. The van der Waals surface area contributed by atoms with Crippen molar-refractivity contribution in [2.75, 3.05) is 11.5 Å². The Hall–Kier alpha value is -1.38. The molecular weight excluding hydrogens is 362 g/mol. The number of thiazole rings is 1. The van der Waals surface area contributed by atoms with E-state index < -0.39 is 5.91 Å². The molecule has 104 valence electrons. The first-order valence-electron chi connectivity index (χ1n) is 5.49. The van der Waals surface area contributed by atoms with E-state index in [4.69, 9.17) is 5.73 Å². The minimum atomic E-state index is -0.424. The number of amides is 2. The zero-order valence-corrected chi connectivity index (χ0v) is 13.3. The van der Waals surface area contributed by atoms with Crippen LogP contribution in [0.3, 0.4) is 0 Å². The van der Waals surface area contributed by atoms with Crippen LogP contribution in [0.15, 0.2) is 39.1 Å². The summed E-state index contributed by atoms with van der Waals surface area (Å²) in [6.07, 6.45) is 1.60. The molecule has 0 spiro atoms. The van der Waals surface area contributed by atoms with Gasteiger partial charge in [-0.3, -0.25) is 14.9 Å². The van der Waals surface area contributed by atoms with E-state index in [1.807, 2.05) is 0 Å². The van der Waals surface area contributed by atoms with Gasteiger partial charge in [-0.15, -0.1) is 11.8 Å². The van der Waals surface area contributed by atoms with E-state index in [1.165, 1.54) is 23.1 Å². The first kappa shape index (κ1) is 15.0. The van der Waals surface area contributed by atoms with E-state index >= 15 is 0 Å². The number of aromatic nitrogens is 1. The Labute approximate surface area is 132 Å². The van der Waals surface area contributed by atoms with Crippen molar-refractivity contribution in [3.8, 4) is 0 Å². The third kappa shape index (κ3) is 4.06. The molecule has 0 fully saturated rings. The number of rotatable bonds is 4. The van der Waals surface area contributed by atoms with Crippen LogP contribution in [-0.4, -0.2) is 22.6 Å². The number of thioether (sulfide) groups is 1. The summed E-state index contributed by atoms with van der Waals surface area (Å²) in [5, 5.41) is 2.79. The molecule has 0 saturated carbocycles. The molecule has 1 heterocycles. The van der Waals surface area contributed by atoms with Crippen molar-refractivity contribution in [2.24, 2.45) is 0 Å².